The SMILES string of the molecule is CCOC(=O)OCCCc1[nH]ccc1C(=O)OC(C)(C)C. The van der Waals surface area contributed by atoms with Crippen LogP contribution in [0.5, 0.6) is 0 Å². The first kappa shape index (κ1) is 17.1. The molecule has 0 aliphatic rings. The summed E-state index contributed by atoms with van der Waals surface area (Å²) in [5.74, 6) is -0.356. The molecule has 0 aromatic carbocycles. The van der Waals surface area contributed by atoms with Crippen LogP contribution in [0.2, 0.25) is 0 Å². The second-order valence-corrected chi connectivity index (χ2v) is 5.51. The quantitative estimate of drug-likeness (QED) is 0.645. The summed E-state index contributed by atoms with van der Waals surface area (Å²) in [6, 6.07) is 1.69. The Labute approximate surface area is 124 Å². The maximum absolute atomic E-state index is 12.0. The van der Waals surface area contributed by atoms with E-state index in [-0.39, 0.29) is 19.2 Å². The van der Waals surface area contributed by atoms with Crippen LogP contribution < -0.4 is 0 Å². The summed E-state index contributed by atoms with van der Waals surface area (Å²) in [7, 11) is 0. The fourth-order valence-corrected chi connectivity index (χ4v) is 1.70. The number of hydrogen-bond donors (Lipinski definition) is 1. The zero-order valence-corrected chi connectivity index (χ0v) is 13.0. The van der Waals surface area contributed by atoms with Gasteiger partial charge in [0.15, 0.2) is 0 Å². The van der Waals surface area contributed by atoms with Crippen molar-refractivity contribution >= 4 is 12.1 Å². The van der Waals surface area contributed by atoms with Crippen LogP contribution in [0, 0.1) is 0 Å². The van der Waals surface area contributed by atoms with Gasteiger partial charge >= 0.3 is 12.1 Å². The maximum atomic E-state index is 12.0. The molecule has 1 aromatic rings. The Hall–Kier alpha value is -1.98. The number of aromatic nitrogens is 1. The van der Waals surface area contributed by atoms with Crippen molar-refractivity contribution in [1.82, 2.24) is 4.98 Å². The number of H-pyrrole nitrogens is 1. The average Bonchev–Trinajstić information content (AvgIpc) is 2.81. The molecule has 1 heterocycles. The van der Waals surface area contributed by atoms with E-state index in [4.69, 9.17) is 9.47 Å². The van der Waals surface area contributed by atoms with Crippen molar-refractivity contribution in [3.63, 3.8) is 0 Å². The lowest BCUT2D eigenvalue weighted by atomic mass is 10.1. The second kappa shape index (κ2) is 7.71. The van der Waals surface area contributed by atoms with Gasteiger partial charge in [0.05, 0.1) is 18.8 Å². The molecule has 1 rings (SSSR count). The highest BCUT2D eigenvalue weighted by Crippen LogP contribution is 2.16. The lowest BCUT2D eigenvalue weighted by Gasteiger charge is -2.19. The number of nitrogens with one attached hydrogen (secondary N) is 1. The van der Waals surface area contributed by atoms with Gasteiger partial charge in [-0.1, -0.05) is 0 Å². The Morgan fingerprint density at radius 1 is 1.24 bits per heavy atom. The van der Waals surface area contributed by atoms with Gasteiger partial charge in [-0.05, 0) is 46.6 Å². The third-order valence-electron chi connectivity index (χ3n) is 2.50. The van der Waals surface area contributed by atoms with Crippen molar-refractivity contribution in [2.24, 2.45) is 0 Å². The molecule has 118 valence electrons. The molecule has 1 N–H and O–H groups in total. The van der Waals surface area contributed by atoms with Gasteiger partial charge in [0.25, 0.3) is 0 Å². The van der Waals surface area contributed by atoms with E-state index >= 15 is 0 Å². The molecule has 0 atom stereocenters. The van der Waals surface area contributed by atoms with E-state index in [1.807, 2.05) is 20.8 Å². The fraction of sp³-hybridized carbons (Fsp3) is 0.600. The van der Waals surface area contributed by atoms with Crippen molar-refractivity contribution in [3.8, 4) is 0 Å². The Bertz CT molecular complexity index is 473. The Kier molecular flexibility index (Phi) is 6.27. The summed E-state index contributed by atoms with van der Waals surface area (Å²) in [5, 5.41) is 0. The molecule has 0 bridgehead atoms. The van der Waals surface area contributed by atoms with Crippen molar-refractivity contribution in [3.05, 3.63) is 23.5 Å². The maximum Gasteiger partial charge on any atom is 0.508 e. The molecule has 6 heteroatoms. The Morgan fingerprint density at radius 3 is 2.57 bits per heavy atom. The number of ether oxygens (including phenoxy) is 3. The smallest absolute Gasteiger partial charge is 0.456 e. The Balaban J connectivity index is 2.45. The summed E-state index contributed by atoms with van der Waals surface area (Å²) >= 11 is 0. The number of esters is 1. The second-order valence-electron chi connectivity index (χ2n) is 5.51. The number of aromatic amines is 1. The zero-order valence-electron chi connectivity index (χ0n) is 13.0. The highest BCUT2D eigenvalue weighted by molar-refractivity contribution is 5.91. The number of aryl methyl sites for hydroxylation is 1. The molecular weight excluding hydrogens is 274 g/mol. The largest absolute Gasteiger partial charge is 0.508 e. The molecular formula is C15H23NO5. The van der Waals surface area contributed by atoms with Crippen LogP contribution in [0.15, 0.2) is 12.3 Å². The highest BCUT2D eigenvalue weighted by Gasteiger charge is 2.20. The number of rotatable bonds is 6. The van der Waals surface area contributed by atoms with Crippen LogP contribution in [0.3, 0.4) is 0 Å². The third kappa shape index (κ3) is 6.33. The molecule has 0 saturated carbocycles. The van der Waals surface area contributed by atoms with E-state index in [2.05, 4.69) is 9.72 Å². The average molecular weight is 297 g/mol. The molecule has 1 aromatic heterocycles. The lowest BCUT2D eigenvalue weighted by molar-refractivity contribution is 0.00678. The van der Waals surface area contributed by atoms with Crippen LogP contribution in [0.25, 0.3) is 0 Å². The van der Waals surface area contributed by atoms with Crippen molar-refractivity contribution in [1.29, 1.82) is 0 Å². The number of hydrogen-bond acceptors (Lipinski definition) is 5. The first-order valence-electron chi connectivity index (χ1n) is 7.02. The molecule has 21 heavy (non-hydrogen) atoms. The normalized spacial score (nSPS) is 11.0. The first-order chi connectivity index (χ1) is 9.83. The van der Waals surface area contributed by atoms with Gasteiger partial charge in [-0.3, -0.25) is 0 Å². The van der Waals surface area contributed by atoms with Gasteiger partial charge in [-0.15, -0.1) is 0 Å². The van der Waals surface area contributed by atoms with Gasteiger partial charge in [0, 0.05) is 11.9 Å². The molecule has 6 nitrogen and oxygen atoms in total. The standard InChI is InChI=1S/C15H23NO5/c1-5-19-14(18)20-10-6-7-12-11(8-9-16-12)13(17)21-15(2,3)4/h8-9,16H,5-7,10H2,1-4H3. The predicted molar refractivity (Wildman–Crippen MR) is 77.3 cm³/mol. The molecule has 0 aliphatic carbocycles. The molecule has 0 aliphatic heterocycles. The minimum Gasteiger partial charge on any atom is -0.456 e. The van der Waals surface area contributed by atoms with Crippen LogP contribution in [0.1, 0.15) is 50.2 Å². The van der Waals surface area contributed by atoms with Crippen molar-refractivity contribution in [2.45, 2.75) is 46.1 Å². The van der Waals surface area contributed by atoms with E-state index in [0.29, 0.717) is 18.4 Å². The highest BCUT2D eigenvalue weighted by atomic mass is 16.7. The first-order valence-corrected chi connectivity index (χ1v) is 7.02. The molecule has 0 saturated heterocycles. The van der Waals surface area contributed by atoms with Crippen LogP contribution in [-0.4, -0.2) is 35.9 Å². The topological polar surface area (TPSA) is 77.6 Å². The van der Waals surface area contributed by atoms with Crippen LogP contribution >= 0.6 is 0 Å². The summed E-state index contributed by atoms with van der Waals surface area (Å²) < 4.78 is 14.9. The summed E-state index contributed by atoms with van der Waals surface area (Å²) in [6.07, 6.45) is 2.20. The molecule has 0 amide bonds. The van der Waals surface area contributed by atoms with Gasteiger partial charge in [0.1, 0.15) is 5.60 Å². The number of carbonyl (C=O) groups excluding carboxylic acids is 2. The van der Waals surface area contributed by atoms with Gasteiger partial charge in [-0.25, -0.2) is 9.59 Å². The summed E-state index contributed by atoms with van der Waals surface area (Å²) in [5.41, 5.74) is 0.760. The zero-order chi connectivity index (χ0) is 15.9. The van der Waals surface area contributed by atoms with Gasteiger partial charge in [0.2, 0.25) is 0 Å². The number of carbonyl (C=O) groups is 2. The lowest BCUT2D eigenvalue weighted by Crippen LogP contribution is -2.24. The predicted octanol–water partition coefficient (Wildman–Crippen LogP) is 3.08. The van der Waals surface area contributed by atoms with Crippen LogP contribution in [-0.2, 0) is 20.6 Å². The Morgan fingerprint density at radius 2 is 1.95 bits per heavy atom. The van der Waals surface area contributed by atoms with Crippen molar-refractivity contribution < 1.29 is 23.8 Å². The minimum absolute atomic E-state index is 0.242. The molecule has 0 spiro atoms. The monoisotopic (exact) mass is 297 g/mol. The van der Waals surface area contributed by atoms with Gasteiger partial charge < -0.3 is 19.2 Å². The van der Waals surface area contributed by atoms with Crippen molar-refractivity contribution in [2.75, 3.05) is 13.2 Å². The minimum atomic E-state index is -0.670. The van der Waals surface area contributed by atoms with E-state index < -0.39 is 11.8 Å². The fourth-order valence-electron chi connectivity index (χ4n) is 1.70. The molecule has 0 radical (unpaired) electrons. The summed E-state index contributed by atoms with van der Waals surface area (Å²) in [4.78, 5) is 26.0. The van der Waals surface area contributed by atoms with E-state index in [1.54, 1.807) is 19.2 Å². The van der Waals surface area contributed by atoms with E-state index in [1.165, 1.54) is 0 Å². The third-order valence-corrected chi connectivity index (χ3v) is 2.50. The molecule has 0 fully saturated rings. The summed E-state index contributed by atoms with van der Waals surface area (Å²) in [6.45, 7) is 7.72. The van der Waals surface area contributed by atoms with Crippen LogP contribution in [0.4, 0.5) is 4.79 Å². The van der Waals surface area contributed by atoms with E-state index in [9.17, 15) is 9.59 Å². The molecule has 0 unspecified atom stereocenters. The van der Waals surface area contributed by atoms with Gasteiger partial charge in [-0.2, -0.15) is 0 Å². The van der Waals surface area contributed by atoms with E-state index in [0.717, 1.165) is 5.69 Å².